The lowest BCUT2D eigenvalue weighted by Gasteiger charge is -2.26. The van der Waals surface area contributed by atoms with Gasteiger partial charge in [0.2, 0.25) is 0 Å². The van der Waals surface area contributed by atoms with Gasteiger partial charge < -0.3 is 13.9 Å². The molecule has 3 aromatic heterocycles. The first kappa shape index (κ1) is 33.3. The van der Waals surface area contributed by atoms with Gasteiger partial charge in [0.25, 0.3) is 0 Å². The van der Waals surface area contributed by atoms with Gasteiger partial charge in [-0.05, 0) is 99.9 Å². The number of fused-ring (bicyclic) bond motifs is 11. The van der Waals surface area contributed by atoms with E-state index in [-0.39, 0.29) is 0 Å². The molecular weight excluding hydrogens is 749 g/mol. The van der Waals surface area contributed by atoms with Crippen LogP contribution in [0.2, 0.25) is 0 Å². The van der Waals surface area contributed by atoms with Crippen LogP contribution in [0.15, 0.2) is 211 Å². The zero-order valence-corrected chi connectivity index (χ0v) is 33.2. The van der Waals surface area contributed by atoms with E-state index >= 15 is 0 Å². The maximum absolute atomic E-state index is 6.66. The fourth-order valence-corrected chi connectivity index (χ4v) is 10.8. The maximum Gasteiger partial charge on any atom is 0.159 e. The molecule has 0 amide bonds. The van der Waals surface area contributed by atoms with Crippen LogP contribution in [0.25, 0.3) is 102 Å². The summed E-state index contributed by atoms with van der Waals surface area (Å²) in [7, 11) is 0. The summed E-state index contributed by atoms with van der Waals surface area (Å²) in [5.74, 6) is 0. The van der Waals surface area contributed by atoms with Crippen LogP contribution in [0, 0.1) is 0 Å². The number of rotatable bonds is 5. The van der Waals surface area contributed by atoms with Crippen molar-refractivity contribution in [1.29, 1.82) is 0 Å². The summed E-state index contributed by atoms with van der Waals surface area (Å²) in [6.07, 6.45) is 0. The second-order valence-electron chi connectivity index (χ2n) is 15.7. The van der Waals surface area contributed by atoms with Gasteiger partial charge >= 0.3 is 0 Å². The van der Waals surface area contributed by atoms with Crippen LogP contribution in [-0.2, 0) is 0 Å². The first-order valence-corrected chi connectivity index (χ1v) is 21.2. The number of aromatic nitrogens is 1. The summed E-state index contributed by atoms with van der Waals surface area (Å²) in [5.41, 5.74) is 10.8. The summed E-state index contributed by atoms with van der Waals surface area (Å²) >= 11 is 1.87. The molecular formula is C56H34N2OS. The van der Waals surface area contributed by atoms with Crippen molar-refractivity contribution in [2.45, 2.75) is 0 Å². The van der Waals surface area contributed by atoms with Crippen molar-refractivity contribution in [3.05, 3.63) is 206 Å². The fraction of sp³-hybridized carbons (Fsp3) is 0. The molecule has 0 saturated carbocycles. The molecule has 0 aliphatic heterocycles. The Morgan fingerprint density at radius 2 is 1.08 bits per heavy atom. The second kappa shape index (κ2) is 12.9. The van der Waals surface area contributed by atoms with Crippen LogP contribution in [0.4, 0.5) is 17.1 Å². The van der Waals surface area contributed by atoms with Gasteiger partial charge in [-0.25, -0.2) is 0 Å². The third kappa shape index (κ3) is 5.01. The molecule has 10 aromatic carbocycles. The molecule has 280 valence electrons. The van der Waals surface area contributed by atoms with Crippen molar-refractivity contribution in [1.82, 2.24) is 4.57 Å². The van der Waals surface area contributed by atoms with Crippen LogP contribution in [-0.4, -0.2) is 4.57 Å². The number of nitrogens with zero attached hydrogens (tertiary/aromatic N) is 2. The Balaban J connectivity index is 1.03. The molecule has 0 atom stereocenters. The van der Waals surface area contributed by atoms with E-state index in [4.69, 9.17) is 4.42 Å². The van der Waals surface area contributed by atoms with E-state index in [0.717, 1.165) is 44.7 Å². The van der Waals surface area contributed by atoms with Crippen molar-refractivity contribution in [2.75, 3.05) is 4.90 Å². The van der Waals surface area contributed by atoms with E-state index in [2.05, 4.69) is 210 Å². The minimum Gasteiger partial charge on any atom is -0.454 e. The molecule has 13 rings (SSSR count). The number of hydrogen-bond acceptors (Lipinski definition) is 3. The Hall–Kier alpha value is -7.66. The zero-order chi connectivity index (χ0) is 39.3. The van der Waals surface area contributed by atoms with E-state index in [1.165, 1.54) is 74.6 Å². The van der Waals surface area contributed by atoms with E-state index in [1.54, 1.807) is 0 Å². The summed E-state index contributed by atoms with van der Waals surface area (Å²) in [6, 6.07) is 75.1. The normalized spacial score (nSPS) is 12.0. The number of anilines is 3. The average molecular weight is 783 g/mol. The number of para-hydroxylation sites is 3. The number of furan rings is 1. The van der Waals surface area contributed by atoms with E-state index in [1.807, 2.05) is 17.4 Å². The zero-order valence-electron chi connectivity index (χ0n) is 32.3. The SMILES string of the molecule is c1ccc2cc(N(c3ccc(-c4cc(-n5c6ccccc6c6cc7ccccc7cc65)cc5c4sc4ccccc45)cc3)c3cccc4c3oc3ccccc34)ccc2c1. The Labute approximate surface area is 349 Å². The van der Waals surface area contributed by atoms with Gasteiger partial charge in [0.1, 0.15) is 5.58 Å². The second-order valence-corrected chi connectivity index (χ2v) is 16.8. The van der Waals surface area contributed by atoms with E-state index in [0.29, 0.717) is 0 Å². The third-order valence-electron chi connectivity index (χ3n) is 12.3. The highest BCUT2D eigenvalue weighted by atomic mass is 32.1. The summed E-state index contributed by atoms with van der Waals surface area (Å²) < 4.78 is 11.7. The molecule has 3 nitrogen and oxygen atoms in total. The van der Waals surface area contributed by atoms with Crippen molar-refractivity contribution in [3.63, 3.8) is 0 Å². The largest absolute Gasteiger partial charge is 0.454 e. The molecule has 60 heavy (non-hydrogen) atoms. The molecule has 0 saturated heterocycles. The quantitative estimate of drug-likeness (QED) is 0.173. The summed E-state index contributed by atoms with van der Waals surface area (Å²) in [6.45, 7) is 0. The maximum atomic E-state index is 6.66. The molecule has 0 aliphatic rings. The van der Waals surface area contributed by atoms with Crippen molar-refractivity contribution >= 4 is 114 Å². The predicted molar refractivity (Wildman–Crippen MR) is 256 cm³/mol. The molecule has 4 heteroatoms. The van der Waals surface area contributed by atoms with Crippen molar-refractivity contribution in [2.24, 2.45) is 0 Å². The summed E-state index contributed by atoms with van der Waals surface area (Å²) in [5, 5.41) is 12.2. The molecule has 0 spiro atoms. The Bertz CT molecular complexity index is 3850. The van der Waals surface area contributed by atoms with Crippen molar-refractivity contribution < 1.29 is 4.42 Å². The van der Waals surface area contributed by atoms with E-state index in [9.17, 15) is 0 Å². The molecule has 0 aliphatic carbocycles. The van der Waals surface area contributed by atoms with Gasteiger partial charge in [0.05, 0.1) is 16.7 Å². The average Bonchev–Trinajstić information content (AvgIpc) is 3.98. The lowest BCUT2D eigenvalue weighted by molar-refractivity contribution is 0.669. The fourth-order valence-electron chi connectivity index (χ4n) is 9.53. The Morgan fingerprint density at radius 3 is 1.93 bits per heavy atom. The predicted octanol–water partition coefficient (Wildman–Crippen LogP) is 16.5. The van der Waals surface area contributed by atoms with Gasteiger partial charge in [0.15, 0.2) is 5.58 Å². The smallest absolute Gasteiger partial charge is 0.159 e. The van der Waals surface area contributed by atoms with Gasteiger partial charge in [-0.3, -0.25) is 0 Å². The van der Waals surface area contributed by atoms with Crippen LogP contribution in [0.3, 0.4) is 0 Å². The third-order valence-corrected chi connectivity index (χ3v) is 13.5. The highest BCUT2D eigenvalue weighted by molar-refractivity contribution is 7.26. The molecule has 0 bridgehead atoms. The molecule has 3 heterocycles. The minimum atomic E-state index is 0.870. The highest BCUT2D eigenvalue weighted by Crippen LogP contribution is 2.46. The monoisotopic (exact) mass is 782 g/mol. The molecule has 0 N–H and O–H groups in total. The van der Waals surface area contributed by atoms with Gasteiger partial charge in [-0.15, -0.1) is 11.3 Å². The number of hydrogen-bond donors (Lipinski definition) is 0. The van der Waals surface area contributed by atoms with Gasteiger partial charge in [-0.1, -0.05) is 133 Å². The van der Waals surface area contributed by atoms with Crippen LogP contribution in [0.1, 0.15) is 0 Å². The minimum absolute atomic E-state index is 0.870. The lowest BCUT2D eigenvalue weighted by atomic mass is 10.0. The van der Waals surface area contributed by atoms with Gasteiger partial charge in [0, 0.05) is 64.3 Å². The first-order chi connectivity index (χ1) is 29.7. The number of benzene rings is 10. The summed E-state index contributed by atoms with van der Waals surface area (Å²) in [4.78, 5) is 2.34. The highest BCUT2D eigenvalue weighted by Gasteiger charge is 2.22. The van der Waals surface area contributed by atoms with Crippen LogP contribution >= 0.6 is 11.3 Å². The number of thiophene rings is 1. The van der Waals surface area contributed by atoms with E-state index < -0.39 is 0 Å². The van der Waals surface area contributed by atoms with Gasteiger partial charge in [-0.2, -0.15) is 0 Å². The molecule has 0 unspecified atom stereocenters. The van der Waals surface area contributed by atoms with Crippen LogP contribution in [0.5, 0.6) is 0 Å². The topological polar surface area (TPSA) is 21.3 Å². The molecule has 13 aromatic rings. The standard InChI is InChI=1S/C56H34N2OS/c1-2-13-37-30-41(29-24-35(37)12-1)57(51-21-11-19-46-44-17-6-9-22-53(44)59-55(46)51)40-27-25-36(26-28-40)47-33-42(34-49-45-18-7-10-23-54(45)60-56(47)49)58-50-20-8-5-16-43(50)48-31-38-14-3-4-15-39(38)32-52(48)58/h1-34H. The van der Waals surface area contributed by atoms with Crippen molar-refractivity contribution in [3.8, 4) is 16.8 Å². The molecule has 0 radical (unpaired) electrons. The first-order valence-electron chi connectivity index (χ1n) is 20.4. The Kier molecular flexibility index (Phi) is 7.18. The van der Waals surface area contributed by atoms with Crippen LogP contribution < -0.4 is 4.90 Å². The molecule has 0 fully saturated rings. The lowest BCUT2D eigenvalue weighted by Crippen LogP contribution is -2.10. The Morgan fingerprint density at radius 1 is 0.417 bits per heavy atom.